The van der Waals surface area contributed by atoms with Crippen molar-refractivity contribution in [2.24, 2.45) is 0 Å². The van der Waals surface area contributed by atoms with E-state index in [1.807, 2.05) is 6.92 Å². The molecule has 1 aliphatic rings. The van der Waals surface area contributed by atoms with Crippen LogP contribution in [0, 0.1) is 0 Å². The van der Waals surface area contributed by atoms with Crippen LogP contribution in [-0.4, -0.2) is 47.4 Å². The Morgan fingerprint density at radius 2 is 2.38 bits per heavy atom. The summed E-state index contributed by atoms with van der Waals surface area (Å²) in [5.41, 5.74) is 0.974. The zero-order valence-electron chi connectivity index (χ0n) is 9.27. The summed E-state index contributed by atoms with van der Waals surface area (Å²) in [4.78, 5) is 13.6. The highest BCUT2D eigenvalue weighted by Gasteiger charge is 2.18. The molecule has 6 nitrogen and oxygen atoms in total. The highest BCUT2D eigenvalue weighted by atomic mass is 16.5. The number of ether oxygens (including phenoxy) is 1. The largest absolute Gasteiger partial charge is 0.378 e. The van der Waals surface area contributed by atoms with Crippen LogP contribution in [0.4, 0.5) is 4.79 Å². The molecule has 0 aliphatic carbocycles. The summed E-state index contributed by atoms with van der Waals surface area (Å²) in [6.07, 6.45) is 3.49. The van der Waals surface area contributed by atoms with Gasteiger partial charge in [-0.25, -0.2) is 4.79 Å². The third-order valence-corrected chi connectivity index (χ3v) is 2.66. The molecule has 1 fully saturated rings. The fourth-order valence-electron chi connectivity index (χ4n) is 1.62. The van der Waals surface area contributed by atoms with Crippen LogP contribution in [0.1, 0.15) is 18.5 Å². The van der Waals surface area contributed by atoms with Gasteiger partial charge in [-0.1, -0.05) is 0 Å². The predicted octanol–water partition coefficient (Wildman–Crippen LogP) is 0.512. The van der Waals surface area contributed by atoms with Crippen molar-refractivity contribution >= 4 is 6.03 Å². The number of nitrogens with one attached hydrogen (secondary N) is 2. The highest BCUT2D eigenvalue weighted by Crippen LogP contribution is 2.10. The normalized spacial score (nSPS) is 18.2. The maximum absolute atomic E-state index is 11.8. The molecule has 2 amide bonds. The van der Waals surface area contributed by atoms with E-state index < -0.39 is 0 Å². The molecule has 2 heterocycles. The van der Waals surface area contributed by atoms with E-state index in [1.54, 1.807) is 17.3 Å². The summed E-state index contributed by atoms with van der Waals surface area (Å²) in [5, 5.41) is 9.51. The fraction of sp³-hybridized carbons (Fsp3) is 0.600. The van der Waals surface area contributed by atoms with Gasteiger partial charge in [0, 0.05) is 24.8 Å². The van der Waals surface area contributed by atoms with Crippen molar-refractivity contribution in [1.82, 2.24) is 20.4 Å². The average Bonchev–Trinajstić information content (AvgIpc) is 2.83. The van der Waals surface area contributed by atoms with Gasteiger partial charge in [0.05, 0.1) is 25.5 Å². The molecular weight excluding hydrogens is 208 g/mol. The molecule has 2 N–H and O–H groups in total. The minimum absolute atomic E-state index is 0.0332. The van der Waals surface area contributed by atoms with E-state index in [1.165, 1.54) is 0 Å². The van der Waals surface area contributed by atoms with Crippen LogP contribution in [0.3, 0.4) is 0 Å². The van der Waals surface area contributed by atoms with Crippen LogP contribution in [-0.2, 0) is 4.74 Å². The van der Waals surface area contributed by atoms with Crippen LogP contribution in [0.5, 0.6) is 0 Å². The lowest BCUT2D eigenvalue weighted by atomic mass is 10.2. The molecule has 1 unspecified atom stereocenters. The van der Waals surface area contributed by atoms with Gasteiger partial charge in [0.1, 0.15) is 0 Å². The van der Waals surface area contributed by atoms with Crippen molar-refractivity contribution in [3.05, 3.63) is 18.0 Å². The van der Waals surface area contributed by atoms with Crippen LogP contribution in [0.25, 0.3) is 0 Å². The summed E-state index contributed by atoms with van der Waals surface area (Å²) in [6.45, 7) is 4.48. The van der Waals surface area contributed by atoms with Gasteiger partial charge in [0.2, 0.25) is 0 Å². The number of morpholine rings is 1. The quantitative estimate of drug-likeness (QED) is 0.769. The standard InChI is InChI=1S/C10H16N4O2/c1-8(9-6-11-12-7-9)13-10(15)14-2-4-16-5-3-14/h6-8H,2-5H2,1H3,(H,11,12)(H,13,15). The van der Waals surface area contributed by atoms with Gasteiger partial charge >= 0.3 is 6.03 Å². The van der Waals surface area contributed by atoms with Crippen molar-refractivity contribution < 1.29 is 9.53 Å². The second-order valence-corrected chi connectivity index (χ2v) is 3.80. The Morgan fingerprint density at radius 3 is 3.00 bits per heavy atom. The van der Waals surface area contributed by atoms with Crippen molar-refractivity contribution in [2.45, 2.75) is 13.0 Å². The van der Waals surface area contributed by atoms with Crippen molar-refractivity contribution in [2.75, 3.05) is 26.3 Å². The summed E-state index contributed by atoms with van der Waals surface area (Å²) < 4.78 is 5.19. The van der Waals surface area contributed by atoms with E-state index in [-0.39, 0.29) is 12.1 Å². The van der Waals surface area contributed by atoms with Gasteiger partial charge in [-0.15, -0.1) is 0 Å². The number of rotatable bonds is 2. The number of hydrogen-bond donors (Lipinski definition) is 2. The summed E-state index contributed by atoms with van der Waals surface area (Å²) in [6, 6.07) is -0.0777. The average molecular weight is 224 g/mol. The molecule has 1 aromatic heterocycles. The predicted molar refractivity (Wildman–Crippen MR) is 57.9 cm³/mol. The Hall–Kier alpha value is -1.56. The molecule has 0 aromatic carbocycles. The Balaban J connectivity index is 1.86. The summed E-state index contributed by atoms with van der Waals surface area (Å²) in [5.74, 6) is 0. The van der Waals surface area contributed by atoms with Crippen molar-refractivity contribution in [1.29, 1.82) is 0 Å². The fourth-order valence-corrected chi connectivity index (χ4v) is 1.62. The topological polar surface area (TPSA) is 70.2 Å². The van der Waals surface area contributed by atoms with Gasteiger partial charge in [-0.3, -0.25) is 5.10 Å². The number of hydrogen-bond acceptors (Lipinski definition) is 3. The maximum atomic E-state index is 11.8. The third-order valence-electron chi connectivity index (χ3n) is 2.66. The molecule has 0 bridgehead atoms. The molecule has 6 heteroatoms. The van der Waals surface area contributed by atoms with Gasteiger partial charge in [-0.05, 0) is 6.92 Å². The van der Waals surface area contributed by atoms with E-state index in [2.05, 4.69) is 15.5 Å². The second kappa shape index (κ2) is 4.98. The minimum Gasteiger partial charge on any atom is -0.378 e. The van der Waals surface area contributed by atoms with E-state index in [4.69, 9.17) is 4.74 Å². The number of aromatic amines is 1. The van der Waals surface area contributed by atoms with Crippen molar-refractivity contribution in [3.8, 4) is 0 Å². The van der Waals surface area contributed by atoms with Gasteiger partial charge in [-0.2, -0.15) is 5.10 Å². The number of carbonyl (C=O) groups is 1. The first-order chi connectivity index (χ1) is 7.77. The molecule has 1 aliphatic heterocycles. The Morgan fingerprint density at radius 1 is 1.62 bits per heavy atom. The van der Waals surface area contributed by atoms with Crippen LogP contribution < -0.4 is 5.32 Å². The zero-order chi connectivity index (χ0) is 11.4. The van der Waals surface area contributed by atoms with Crippen molar-refractivity contribution in [3.63, 3.8) is 0 Å². The molecule has 88 valence electrons. The van der Waals surface area contributed by atoms with Gasteiger partial charge in [0.25, 0.3) is 0 Å². The van der Waals surface area contributed by atoms with Crippen LogP contribution >= 0.6 is 0 Å². The SMILES string of the molecule is CC(NC(=O)N1CCOCC1)c1cn[nH]c1. The Labute approximate surface area is 94.0 Å². The van der Waals surface area contributed by atoms with E-state index in [0.717, 1.165) is 5.56 Å². The third kappa shape index (κ3) is 2.52. The first-order valence-electron chi connectivity index (χ1n) is 5.39. The van der Waals surface area contributed by atoms with Crippen LogP contribution in [0.2, 0.25) is 0 Å². The first-order valence-corrected chi connectivity index (χ1v) is 5.39. The molecule has 2 rings (SSSR count). The molecule has 0 spiro atoms. The lowest BCUT2D eigenvalue weighted by Crippen LogP contribution is -2.46. The summed E-state index contributed by atoms with van der Waals surface area (Å²) >= 11 is 0. The number of urea groups is 1. The maximum Gasteiger partial charge on any atom is 0.318 e. The molecule has 1 atom stereocenters. The Kier molecular flexibility index (Phi) is 3.40. The smallest absolute Gasteiger partial charge is 0.318 e. The van der Waals surface area contributed by atoms with Gasteiger partial charge < -0.3 is 15.0 Å². The molecular formula is C10H16N4O2. The monoisotopic (exact) mass is 224 g/mol. The van der Waals surface area contributed by atoms with E-state index in [0.29, 0.717) is 26.3 Å². The molecule has 1 saturated heterocycles. The first kappa shape index (κ1) is 10.9. The van der Waals surface area contributed by atoms with Crippen LogP contribution in [0.15, 0.2) is 12.4 Å². The Bertz CT molecular complexity index is 333. The summed E-state index contributed by atoms with van der Waals surface area (Å²) in [7, 11) is 0. The van der Waals surface area contributed by atoms with E-state index in [9.17, 15) is 4.79 Å². The number of nitrogens with zero attached hydrogens (tertiary/aromatic N) is 2. The number of aromatic nitrogens is 2. The van der Waals surface area contributed by atoms with Gasteiger partial charge in [0.15, 0.2) is 0 Å². The number of amides is 2. The number of H-pyrrole nitrogens is 1. The van der Waals surface area contributed by atoms with E-state index >= 15 is 0 Å². The minimum atomic E-state index is -0.0444. The molecule has 0 radical (unpaired) electrons. The number of carbonyl (C=O) groups excluding carboxylic acids is 1. The zero-order valence-corrected chi connectivity index (χ0v) is 9.27. The molecule has 0 saturated carbocycles. The lowest BCUT2D eigenvalue weighted by molar-refractivity contribution is 0.0526. The second-order valence-electron chi connectivity index (χ2n) is 3.80. The highest BCUT2D eigenvalue weighted by molar-refractivity contribution is 5.74. The molecule has 1 aromatic rings. The molecule has 16 heavy (non-hydrogen) atoms. The lowest BCUT2D eigenvalue weighted by Gasteiger charge is -2.28.